The van der Waals surface area contributed by atoms with E-state index < -0.39 is 49.6 Å². The number of rotatable bonds is 4. The first-order valence-electron chi connectivity index (χ1n) is 6.18. The van der Waals surface area contributed by atoms with E-state index in [-0.39, 0.29) is 5.75 Å². The molecule has 0 saturated heterocycles. The van der Waals surface area contributed by atoms with E-state index >= 15 is 0 Å². The zero-order valence-electron chi connectivity index (χ0n) is 11.7. The third-order valence-corrected chi connectivity index (χ3v) is 3.27. The van der Waals surface area contributed by atoms with Gasteiger partial charge in [0.15, 0.2) is 5.82 Å². The molecule has 7 nitrogen and oxygen atoms in total. The van der Waals surface area contributed by atoms with E-state index in [1.54, 1.807) is 0 Å². The molecule has 0 radical (unpaired) electrons. The van der Waals surface area contributed by atoms with Crippen molar-refractivity contribution in [2.45, 2.75) is 6.18 Å². The van der Waals surface area contributed by atoms with Crippen LogP contribution in [0.15, 0.2) is 30.3 Å². The molecule has 0 bridgehead atoms. The van der Waals surface area contributed by atoms with Crippen molar-refractivity contribution in [2.24, 2.45) is 0 Å². The molecule has 12 heteroatoms. The Morgan fingerprint density at radius 3 is 2.12 bits per heavy atom. The molecule has 0 fully saturated rings. The Kier molecular flexibility index (Phi) is 4.79. The van der Waals surface area contributed by atoms with Gasteiger partial charge in [-0.05, 0) is 18.2 Å². The Labute approximate surface area is 140 Å². The normalized spacial score (nSPS) is 11.2. The third-order valence-electron chi connectivity index (χ3n) is 2.92. The number of benzene rings is 2. The zero-order valence-corrected chi connectivity index (χ0v) is 12.5. The highest BCUT2D eigenvalue weighted by molar-refractivity contribution is 6.32. The van der Waals surface area contributed by atoms with Gasteiger partial charge in [0.2, 0.25) is 0 Å². The molecule has 0 aromatic heterocycles. The molecule has 0 aliphatic heterocycles. The van der Waals surface area contributed by atoms with E-state index in [4.69, 9.17) is 16.3 Å². The fourth-order valence-electron chi connectivity index (χ4n) is 1.82. The van der Waals surface area contributed by atoms with Crippen molar-refractivity contribution in [1.29, 1.82) is 0 Å². The molecule has 132 valence electrons. The maximum Gasteiger partial charge on any atom is 0.419 e. The molecule has 0 aliphatic carbocycles. The van der Waals surface area contributed by atoms with Gasteiger partial charge in [-0.2, -0.15) is 13.2 Å². The van der Waals surface area contributed by atoms with Gasteiger partial charge in [-0.25, -0.2) is 4.39 Å². The molecule has 25 heavy (non-hydrogen) atoms. The number of alkyl halides is 3. The zero-order chi connectivity index (χ0) is 18.9. The van der Waals surface area contributed by atoms with Gasteiger partial charge in [-0.1, -0.05) is 11.6 Å². The number of ether oxygens (including phenoxy) is 1. The lowest BCUT2D eigenvalue weighted by Crippen LogP contribution is -2.08. The molecular weight excluding hydrogens is 376 g/mol. The molecule has 0 atom stereocenters. The van der Waals surface area contributed by atoms with E-state index in [2.05, 4.69) is 0 Å². The number of hydrogen-bond donors (Lipinski definition) is 0. The summed E-state index contributed by atoms with van der Waals surface area (Å²) in [4.78, 5) is 19.5. The molecule has 0 spiro atoms. The summed E-state index contributed by atoms with van der Waals surface area (Å²) in [6, 6.07) is 3.50. The highest BCUT2D eigenvalue weighted by atomic mass is 35.5. The monoisotopic (exact) mass is 380 g/mol. The Bertz CT molecular complexity index is 872. The first kappa shape index (κ1) is 18.4. The minimum absolute atomic E-state index is 0.349. The quantitative estimate of drug-likeness (QED) is 0.417. The van der Waals surface area contributed by atoms with E-state index in [9.17, 15) is 37.8 Å². The standard InChI is InChI=1S/C13H5ClF4N2O5/c14-11-10(4-2-7(12(11)15)13(16,17)18)25-6-1-3-8(19(21)22)9(5-6)20(23)24/h1-5H. The number of nitrogens with zero attached hydrogens (tertiary/aromatic N) is 2. The second-order valence-electron chi connectivity index (χ2n) is 4.50. The van der Waals surface area contributed by atoms with E-state index in [1.807, 2.05) is 0 Å². The van der Waals surface area contributed by atoms with Crippen molar-refractivity contribution < 1.29 is 32.1 Å². The number of nitro benzene ring substituents is 2. The fraction of sp³-hybridized carbons (Fsp3) is 0.0769. The number of nitro groups is 2. The van der Waals surface area contributed by atoms with E-state index in [0.717, 1.165) is 18.2 Å². The van der Waals surface area contributed by atoms with Gasteiger partial charge in [0.1, 0.15) is 16.5 Å². The van der Waals surface area contributed by atoms with Crippen molar-refractivity contribution in [2.75, 3.05) is 0 Å². The first-order chi connectivity index (χ1) is 11.5. The smallest absolute Gasteiger partial charge is 0.419 e. The number of hydrogen-bond acceptors (Lipinski definition) is 5. The maximum atomic E-state index is 13.7. The van der Waals surface area contributed by atoms with Gasteiger partial charge < -0.3 is 4.74 Å². The van der Waals surface area contributed by atoms with Crippen LogP contribution in [0, 0.1) is 26.0 Å². The summed E-state index contributed by atoms with van der Waals surface area (Å²) in [6.45, 7) is 0. The van der Waals surface area contributed by atoms with Gasteiger partial charge in [0.05, 0.1) is 21.5 Å². The van der Waals surface area contributed by atoms with Crippen LogP contribution in [0.25, 0.3) is 0 Å². The largest absolute Gasteiger partial charge is 0.455 e. The van der Waals surface area contributed by atoms with Crippen molar-refractivity contribution in [1.82, 2.24) is 0 Å². The molecule has 0 heterocycles. The average Bonchev–Trinajstić information content (AvgIpc) is 2.50. The third kappa shape index (κ3) is 3.76. The summed E-state index contributed by atoms with van der Waals surface area (Å²) in [5.74, 6) is -2.67. The Morgan fingerprint density at radius 2 is 1.60 bits per heavy atom. The molecule has 0 aliphatic rings. The summed E-state index contributed by atoms with van der Waals surface area (Å²) >= 11 is 5.50. The van der Waals surface area contributed by atoms with Crippen LogP contribution in [0.3, 0.4) is 0 Å². The molecule has 2 rings (SSSR count). The van der Waals surface area contributed by atoms with Gasteiger partial charge in [0.25, 0.3) is 0 Å². The van der Waals surface area contributed by atoms with Crippen LogP contribution in [0.1, 0.15) is 5.56 Å². The van der Waals surface area contributed by atoms with Gasteiger partial charge in [-0.15, -0.1) is 0 Å². The molecular formula is C13H5ClF4N2O5. The minimum Gasteiger partial charge on any atom is -0.455 e. The summed E-state index contributed by atoms with van der Waals surface area (Å²) in [7, 11) is 0. The fourth-order valence-corrected chi connectivity index (χ4v) is 2.03. The van der Waals surface area contributed by atoms with E-state index in [1.165, 1.54) is 0 Å². The highest BCUT2D eigenvalue weighted by Crippen LogP contribution is 2.40. The lowest BCUT2D eigenvalue weighted by atomic mass is 10.2. The van der Waals surface area contributed by atoms with Crippen LogP contribution < -0.4 is 4.74 Å². The van der Waals surface area contributed by atoms with Crippen LogP contribution in [0.5, 0.6) is 11.5 Å². The van der Waals surface area contributed by atoms with Gasteiger partial charge in [-0.3, -0.25) is 20.2 Å². The average molecular weight is 381 g/mol. The molecule has 0 saturated carbocycles. The molecule has 0 N–H and O–H groups in total. The Hall–Kier alpha value is -2.95. The van der Waals surface area contributed by atoms with Crippen LogP contribution >= 0.6 is 11.6 Å². The van der Waals surface area contributed by atoms with Crippen LogP contribution in [-0.4, -0.2) is 9.85 Å². The minimum atomic E-state index is -4.97. The van der Waals surface area contributed by atoms with Crippen molar-refractivity contribution in [3.05, 3.63) is 67.0 Å². The van der Waals surface area contributed by atoms with Crippen LogP contribution in [0.2, 0.25) is 5.02 Å². The van der Waals surface area contributed by atoms with Crippen molar-refractivity contribution in [3.63, 3.8) is 0 Å². The Balaban J connectivity index is 2.44. The highest BCUT2D eigenvalue weighted by Gasteiger charge is 2.36. The summed E-state index contributed by atoms with van der Waals surface area (Å²) < 4.78 is 56.4. The Morgan fingerprint density at radius 1 is 1.00 bits per heavy atom. The van der Waals surface area contributed by atoms with Gasteiger partial charge in [0, 0.05) is 6.07 Å². The summed E-state index contributed by atoms with van der Waals surface area (Å²) in [5, 5.41) is 20.6. The second kappa shape index (κ2) is 6.51. The molecule has 2 aromatic carbocycles. The van der Waals surface area contributed by atoms with E-state index in [0.29, 0.717) is 12.1 Å². The lowest BCUT2D eigenvalue weighted by molar-refractivity contribution is -0.422. The van der Waals surface area contributed by atoms with Crippen LogP contribution in [-0.2, 0) is 6.18 Å². The SMILES string of the molecule is O=[N+]([O-])c1ccc(Oc2ccc(C(F)(F)F)c(F)c2Cl)cc1[N+](=O)[O-]. The van der Waals surface area contributed by atoms with Crippen LogP contribution in [0.4, 0.5) is 28.9 Å². The predicted octanol–water partition coefficient (Wildman–Crippen LogP) is 5.11. The topological polar surface area (TPSA) is 95.5 Å². The second-order valence-corrected chi connectivity index (χ2v) is 4.88. The van der Waals surface area contributed by atoms with Gasteiger partial charge >= 0.3 is 17.6 Å². The number of halogens is 5. The van der Waals surface area contributed by atoms with Crippen molar-refractivity contribution >= 4 is 23.0 Å². The first-order valence-corrected chi connectivity index (χ1v) is 6.56. The summed E-state index contributed by atoms with van der Waals surface area (Å²) in [5.41, 5.74) is -3.34. The maximum absolute atomic E-state index is 13.7. The molecule has 2 aromatic rings. The predicted molar refractivity (Wildman–Crippen MR) is 76.2 cm³/mol. The molecule has 0 amide bonds. The molecule has 0 unspecified atom stereocenters. The van der Waals surface area contributed by atoms with Crippen molar-refractivity contribution in [3.8, 4) is 11.5 Å². The summed E-state index contributed by atoms with van der Waals surface area (Å²) in [6.07, 6.45) is -4.97. The lowest BCUT2D eigenvalue weighted by Gasteiger charge is -2.12.